The van der Waals surface area contributed by atoms with Crippen LogP contribution in [0.2, 0.25) is 0 Å². The molecule has 2 aliphatic heterocycles. The van der Waals surface area contributed by atoms with Gasteiger partial charge in [0.2, 0.25) is 5.91 Å². The van der Waals surface area contributed by atoms with Gasteiger partial charge in [0.05, 0.1) is 6.04 Å². The summed E-state index contributed by atoms with van der Waals surface area (Å²) < 4.78 is 0. The summed E-state index contributed by atoms with van der Waals surface area (Å²) in [6, 6.07) is 8.29. The van der Waals surface area contributed by atoms with Crippen molar-refractivity contribution in [2.75, 3.05) is 26.2 Å². The Kier molecular flexibility index (Phi) is 5.48. The molecule has 4 rings (SSSR count). The number of aryl methyl sites for hydroxylation is 1. The fraction of sp³-hybridized carbons (Fsp3) is 0.636. The maximum atomic E-state index is 13.0. The Balaban J connectivity index is 1.35. The molecule has 3 atom stereocenters. The number of benzene rings is 1. The van der Waals surface area contributed by atoms with Gasteiger partial charge in [0.1, 0.15) is 0 Å². The Morgan fingerprint density at radius 3 is 2.59 bits per heavy atom. The van der Waals surface area contributed by atoms with Crippen LogP contribution in [0.5, 0.6) is 0 Å². The Morgan fingerprint density at radius 1 is 1.00 bits per heavy atom. The SMILES string of the molecule is Cc1cccc(C(=O)N2CCCN(C(=O)C3CC4CCCCC4N3)CC2)c1. The van der Waals surface area contributed by atoms with Crippen molar-refractivity contribution in [1.82, 2.24) is 15.1 Å². The molecule has 3 fully saturated rings. The van der Waals surface area contributed by atoms with Crippen molar-refractivity contribution >= 4 is 11.8 Å². The van der Waals surface area contributed by atoms with E-state index in [1.165, 1.54) is 25.7 Å². The van der Waals surface area contributed by atoms with Gasteiger partial charge in [0.25, 0.3) is 5.91 Å². The van der Waals surface area contributed by atoms with E-state index in [1.807, 2.05) is 41.0 Å². The molecule has 1 saturated carbocycles. The van der Waals surface area contributed by atoms with Crippen molar-refractivity contribution in [3.05, 3.63) is 35.4 Å². The Morgan fingerprint density at radius 2 is 1.78 bits per heavy atom. The minimum absolute atomic E-state index is 0.0166. The fourth-order valence-corrected chi connectivity index (χ4v) is 5.03. The monoisotopic (exact) mass is 369 g/mol. The molecule has 146 valence electrons. The van der Waals surface area contributed by atoms with Gasteiger partial charge in [-0.3, -0.25) is 9.59 Å². The van der Waals surface area contributed by atoms with Crippen LogP contribution in [0.4, 0.5) is 0 Å². The smallest absolute Gasteiger partial charge is 0.253 e. The molecule has 2 saturated heterocycles. The van der Waals surface area contributed by atoms with Crippen LogP contribution in [0.25, 0.3) is 0 Å². The van der Waals surface area contributed by atoms with Crippen molar-refractivity contribution in [2.24, 2.45) is 5.92 Å². The number of hydrogen-bond acceptors (Lipinski definition) is 3. The van der Waals surface area contributed by atoms with Crippen molar-refractivity contribution in [1.29, 1.82) is 0 Å². The van der Waals surface area contributed by atoms with E-state index in [-0.39, 0.29) is 17.9 Å². The second kappa shape index (κ2) is 8.01. The van der Waals surface area contributed by atoms with Crippen molar-refractivity contribution in [2.45, 2.75) is 57.5 Å². The lowest BCUT2D eigenvalue weighted by atomic mass is 9.85. The summed E-state index contributed by atoms with van der Waals surface area (Å²) in [7, 11) is 0. The largest absolute Gasteiger partial charge is 0.340 e. The Bertz CT molecular complexity index is 691. The van der Waals surface area contributed by atoms with Gasteiger partial charge in [-0.2, -0.15) is 0 Å². The highest BCUT2D eigenvalue weighted by atomic mass is 16.2. The van der Waals surface area contributed by atoms with Gasteiger partial charge < -0.3 is 15.1 Å². The standard InChI is InChI=1S/C22H31N3O2/c1-16-6-4-8-18(14-16)21(26)24-10-5-11-25(13-12-24)22(27)20-15-17-7-2-3-9-19(17)23-20/h4,6,8,14,17,19-20,23H,2-3,5,7,9-13,15H2,1H3. The molecule has 5 heteroatoms. The summed E-state index contributed by atoms with van der Waals surface area (Å²) in [5, 5.41) is 3.60. The molecule has 0 aromatic heterocycles. The molecule has 3 aliphatic rings. The molecule has 0 spiro atoms. The minimum Gasteiger partial charge on any atom is -0.340 e. The average Bonchev–Trinajstić information content (AvgIpc) is 2.96. The number of amides is 2. The van der Waals surface area contributed by atoms with Crippen LogP contribution >= 0.6 is 0 Å². The van der Waals surface area contributed by atoms with E-state index < -0.39 is 0 Å². The van der Waals surface area contributed by atoms with E-state index in [9.17, 15) is 9.59 Å². The number of fused-ring (bicyclic) bond motifs is 1. The van der Waals surface area contributed by atoms with E-state index in [2.05, 4.69) is 5.32 Å². The third kappa shape index (κ3) is 4.03. The summed E-state index contributed by atoms with van der Waals surface area (Å²) in [5.74, 6) is 1.01. The normalized spacial score (nSPS) is 28.6. The first-order valence-electron chi connectivity index (χ1n) is 10.5. The van der Waals surface area contributed by atoms with Gasteiger partial charge in [-0.05, 0) is 50.7 Å². The van der Waals surface area contributed by atoms with Gasteiger partial charge in [-0.15, -0.1) is 0 Å². The maximum absolute atomic E-state index is 13.0. The summed E-state index contributed by atoms with van der Waals surface area (Å²) in [5.41, 5.74) is 1.84. The molecule has 1 aliphatic carbocycles. The summed E-state index contributed by atoms with van der Waals surface area (Å²) in [6.07, 6.45) is 6.92. The molecule has 0 radical (unpaired) electrons. The Labute approximate surface area is 162 Å². The van der Waals surface area contributed by atoms with Crippen molar-refractivity contribution < 1.29 is 9.59 Å². The quantitative estimate of drug-likeness (QED) is 0.872. The predicted octanol–water partition coefficient (Wildman–Crippen LogP) is 2.59. The molecule has 1 N–H and O–H groups in total. The second-order valence-corrected chi connectivity index (χ2v) is 8.45. The van der Waals surface area contributed by atoms with Crippen LogP contribution in [0.15, 0.2) is 24.3 Å². The van der Waals surface area contributed by atoms with Crippen LogP contribution in [0, 0.1) is 12.8 Å². The lowest BCUT2D eigenvalue weighted by molar-refractivity contribution is -0.133. The molecular formula is C22H31N3O2. The summed E-state index contributed by atoms with van der Waals surface area (Å²) in [4.78, 5) is 29.8. The highest BCUT2D eigenvalue weighted by molar-refractivity contribution is 5.94. The molecule has 1 aromatic rings. The summed E-state index contributed by atoms with van der Waals surface area (Å²) >= 11 is 0. The van der Waals surface area contributed by atoms with Crippen LogP contribution in [-0.4, -0.2) is 59.9 Å². The molecule has 5 nitrogen and oxygen atoms in total. The molecule has 27 heavy (non-hydrogen) atoms. The highest BCUT2D eigenvalue weighted by Crippen LogP contribution is 2.33. The number of carbonyl (C=O) groups excluding carboxylic acids is 2. The molecular weight excluding hydrogens is 338 g/mol. The molecule has 2 amide bonds. The number of nitrogens with zero attached hydrogens (tertiary/aromatic N) is 2. The first kappa shape index (κ1) is 18.5. The van der Waals surface area contributed by atoms with E-state index in [1.54, 1.807) is 0 Å². The van der Waals surface area contributed by atoms with Crippen LogP contribution < -0.4 is 5.32 Å². The first-order chi connectivity index (χ1) is 13.1. The molecule has 0 bridgehead atoms. The van der Waals surface area contributed by atoms with Gasteiger partial charge in [-0.25, -0.2) is 0 Å². The van der Waals surface area contributed by atoms with E-state index in [0.717, 1.165) is 37.1 Å². The maximum Gasteiger partial charge on any atom is 0.253 e. The Hall–Kier alpha value is -1.88. The zero-order chi connectivity index (χ0) is 18.8. The van der Waals surface area contributed by atoms with Gasteiger partial charge in [0, 0.05) is 37.8 Å². The number of nitrogens with one attached hydrogen (secondary N) is 1. The highest BCUT2D eigenvalue weighted by Gasteiger charge is 2.40. The minimum atomic E-state index is -0.0166. The number of hydrogen-bond donors (Lipinski definition) is 1. The number of rotatable bonds is 2. The lowest BCUT2D eigenvalue weighted by Gasteiger charge is -2.25. The van der Waals surface area contributed by atoms with E-state index >= 15 is 0 Å². The zero-order valence-corrected chi connectivity index (χ0v) is 16.3. The summed E-state index contributed by atoms with van der Waals surface area (Å²) in [6.45, 7) is 4.75. The van der Waals surface area contributed by atoms with Gasteiger partial charge in [0.15, 0.2) is 0 Å². The first-order valence-corrected chi connectivity index (χ1v) is 10.5. The second-order valence-electron chi connectivity index (χ2n) is 8.45. The van der Waals surface area contributed by atoms with E-state index in [4.69, 9.17) is 0 Å². The molecule has 1 aromatic carbocycles. The van der Waals surface area contributed by atoms with Crippen molar-refractivity contribution in [3.8, 4) is 0 Å². The van der Waals surface area contributed by atoms with Crippen LogP contribution in [-0.2, 0) is 4.79 Å². The van der Waals surface area contributed by atoms with Crippen LogP contribution in [0.1, 0.15) is 54.4 Å². The molecule has 3 unspecified atom stereocenters. The van der Waals surface area contributed by atoms with Crippen molar-refractivity contribution in [3.63, 3.8) is 0 Å². The molecule has 2 heterocycles. The number of carbonyl (C=O) groups is 2. The van der Waals surface area contributed by atoms with Crippen LogP contribution in [0.3, 0.4) is 0 Å². The predicted molar refractivity (Wildman–Crippen MR) is 106 cm³/mol. The van der Waals surface area contributed by atoms with Gasteiger partial charge >= 0.3 is 0 Å². The zero-order valence-electron chi connectivity index (χ0n) is 16.3. The van der Waals surface area contributed by atoms with Gasteiger partial charge in [-0.1, -0.05) is 30.5 Å². The third-order valence-electron chi connectivity index (χ3n) is 6.52. The average molecular weight is 370 g/mol. The lowest BCUT2D eigenvalue weighted by Crippen LogP contribution is -2.46. The topological polar surface area (TPSA) is 52.7 Å². The third-order valence-corrected chi connectivity index (χ3v) is 6.52. The fourth-order valence-electron chi connectivity index (χ4n) is 5.03. The van der Waals surface area contributed by atoms with E-state index in [0.29, 0.717) is 25.0 Å².